The van der Waals surface area contributed by atoms with Crippen LogP contribution >= 0.6 is 0 Å². The molecule has 0 radical (unpaired) electrons. The molecular formula is C4H12ClNO4. The Morgan fingerprint density at radius 3 is 1.40 bits per heavy atom. The number of rotatable bonds is 2. The van der Waals surface area contributed by atoms with Crippen LogP contribution in [0.25, 0.3) is 0 Å². The molecule has 0 aromatic carbocycles. The summed E-state index contributed by atoms with van der Waals surface area (Å²) in [6.07, 6.45) is 0. The van der Waals surface area contributed by atoms with E-state index in [4.69, 9.17) is 18.6 Å². The molecule has 0 heterocycles. The van der Waals surface area contributed by atoms with Crippen LogP contribution in [0.1, 0.15) is 13.8 Å². The normalized spacial score (nSPS) is 10.2. The van der Waals surface area contributed by atoms with Gasteiger partial charge in [0.25, 0.3) is 0 Å². The van der Waals surface area contributed by atoms with Gasteiger partial charge in [0, 0.05) is 0 Å². The zero-order valence-electron chi connectivity index (χ0n) is 5.96. The Bertz CT molecular complexity index is 56.8. The summed E-state index contributed by atoms with van der Waals surface area (Å²) in [6.45, 7) is 6.39. The van der Waals surface area contributed by atoms with Gasteiger partial charge in [0.05, 0.1) is 14.9 Å². The SMILES string of the molecule is CCNCC.[O-][Cl+3]([O-])([O-])O. The van der Waals surface area contributed by atoms with E-state index in [9.17, 15) is 0 Å². The van der Waals surface area contributed by atoms with E-state index < -0.39 is 10.2 Å². The van der Waals surface area contributed by atoms with E-state index in [1.807, 2.05) is 0 Å². The summed E-state index contributed by atoms with van der Waals surface area (Å²) in [4.78, 5) is 0. The molecule has 0 aliphatic heterocycles. The lowest BCUT2D eigenvalue weighted by atomic mass is 10.7. The highest BCUT2D eigenvalue weighted by Crippen LogP contribution is 1.60. The largest absolute Gasteiger partial charge is 0.317 e. The Balaban J connectivity index is 0. The van der Waals surface area contributed by atoms with Gasteiger partial charge in [-0.1, -0.05) is 13.8 Å². The van der Waals surface area contributed by atoms with E-state index in [-0.39, 0.29) is 0 Å². The van der Waals surface area contributed by atoms with Gasteiger partial charge < -0.3 is 5.32 Å². The molecular weight excluding hydrogens is 161 g/mol. The highest BCUT2D eigenvalue weighted by molar-refractivity contribution is 4.27. The maximum Gasteiger partial charge on any atom is 0.0777 e. The number of halogens is 1. The predicted octanol–water partition coefficient (Wildman–Crippen LogP) is -3.51. The third kappa shape index (κ3) is 93.1. The van der Waals surface area contributed by atoms with Gasteiger partial charge in [0.2, 0.25) is 0 Å². The van der Waals surface area contributed by atoms with Gasteiger partial charge in [-0.05, 0) is 13.1 Å². The first kappa shape index (κ1) is 12.7. The van der Waals surface area contributed by atoms with Crippen LogP contribution in [0.4, 0.5) is 0 Å². The smallest absolute Gasteiger partial charge is 0.0777 e. The Hall–Kier alpha value is 0.0900. The van der Waals surface area contributed by atoms with Gasteiger partial charge in [-0.25, -0.2) is 0 Å². The molecule has 0 spiro atoms. The van der Waals surface area contributed by atoms with Crippen LogP contribution < -0.4 is 19.3 Å². The maximum absolute atomic E-state index is 8.60. The van der Waals surface area contributed by atoms with E-state index in [0.717, 1.165) is 13.1 Å². The van der Waals surface area contributed by atoms with Gasteiger partial charge in [0.15, 0.2) is 0 Å². The molecule has 0 aromatic rings. The topological polar surface area (TPSA) is 101 Å². The van der Waals surface area contributed by atoms with Crippen LogP contribution in [-0.2, 0) is 0 Å². The molecule has 0 saturated carbocycles. The minimum absolute atomic E-state index is 1.09. The monoisotopic (exact) mass is 173 g/mol. The van der Waals surface area contributed by atoms with Crippen molar-refractivity contribution in [3.05, 3.63) is 0 Å². The molecule has 0 unspecified atom stereocenters. The molecule has 0 rings (SSSR count). The van der Waals surface area contributed by atoms with Crippen molar-refractivity contribution in [1.29, 1.82) is 0 Å². The average Bonchev–Trinajstić information content (AvgIpc) is 1.63. The fourth-order valence-electron chi connectivity index (χ4n) is 0.250. The van der Waals surface area contributed by atoms with Gasteiger partial charge in [0.1, 0.15) is 0 Å². The number of hydrogen-bond acceptors (Lipinski definition) is 5. The molecule has 0 bridgehead atoms. The first-order chi connectivity index (χ1) is 4.41. The molecule has 64 valence electrons. The second-order valence-corrected chi connectivity index (χ2v) is 2.15. The number of hydrogen-bond donors (Lipinski definition) is 2. The first-order valence-electron chi connectivity index (χ1n) is 2.75. The first-order valence-corrected chi connectivity index (χ1v) is 4.02. The molecule has 0 aromatic heterocycles. The Kier molecular flexibility index (Phi) is 9.17. The molecule has 5 nitrogen and oxygen atoms in total. The van der Waals surface area contributed by atoms with Crippen molar-refractivity contribution in [2.45, 2.75) is 13.8 Å². The fourth-order valence-corrected chi connectivity index (χ4v) is 0.250. The van der Waals surface area contributed by atoms with Crippen molar-refractivity contribution in [3.8, 4) is 0 Å². The van der Waals surface area contributed by atoms with Crippen molar-refractivity contribution in [2.75, 3.05) is 13.1 Å². The van der Waals surface area contributed by atoms with Crippen molar-refractivity contribution in [3.63, 3.8) is 0 Å². The average molecular weight is 174 g/mol. The third-order valence-corrected chi connectivity index (χ3v) is 0.500. The second kappa shape index (κ2) is 7.20. The molecule has 0 fully saturated rings. The predicted molar refractivity (Wildman–Crippen MR) is 26.4 cm³/mol. The third-order valence-electron chi connectivity index (χ3n) is 0.500. The molecule has 0 amide bonds. The molecule has 0 aliphatic rings. The molecule has 6 heteroatoms. The zero-order valence-corrected chi connectivity index (χ0v) is 6.72. The van der Waals surface area contributed by atoms with Crippen molar-refractivity contribution in [2.24, 2.45) is 0 Å². The van der Waals surface area contributed by atoms with Crippen LogP contribution in [-0.4, -0.2) is 17.7 Å². The zero-order chi connectivity index (χ0) is 8.62. The lowest BCUT2D eigenvalue weighted by molar-refractivity contribution is -1.92. The van der Waals surface area contributed by atoms with E-state index in [0.29, 0.717) is 0 Å². The van der Waals surface area contributed by atoms with E-state index in [1.54, 1.807) is 0 Å². The van der Waals surface area contributed by atoms with Gasteiger partial charge >= 0.3 is 0 Å². The molecule has 0 atom stereocenters. The van der Waals surface area contributed by atoms with Crippen molar-refractivity contribution >= 4 is 0 Å². The summed E-state index contributed by atoms with van der Waals surface area (Å²) < 4.78 is 32.7. The molecule has 2 N–H and O–H groups in total. The van der Waals surface area contributed by atoms with Crippen molar-refractivity contribution in [1.82, 2.24) is 5.32 Å². The van der Waals surface area contributed by atoms with Crippen LogP contribution in [0.5, 0.6) is 0 Å². The Morgan fingerprint density at radius 2 is 1.40 bits per heavy atom. The summed E-state index contributed by atoms with van der Waals surface area (Å²) in [6, 6.07) is 0. The molecule has 0 aliphatic carbocycles. The van der Waals surface area contributed by atoms with E-state index in [1.165, 1.54) is 0 Å². The Morgan fingerprint density at radius 1 is 1.20 bits per heavy atom. The maximum atomic E-state index is 8.60. The summed E-state index contributed by atoms with van der Waals surface area (Å²) in [5.74, 6) is 0. The van der Waals surface area contributed by atoms with E-state index in [2.05, 4.69) is 19.2 Å². The van der Waals surface area contributed by atoms with Gasteiger partial charge in [-0.15, -0.1) is 0 Å². The lowest BCUT2D eigenvalue weighted by Gasteiger charge is -2.03. The minimum atomic E-state index is -4.69. The summed E-state index contributed by atoms with van der Waals surface area (Å²) >= 11 is 0. The summed E-state index contributed by atoms with van der Waals surface area (Å²) in [5.41, 5.74) is 0. The van der Waals surface area contributed by atoms with Crippen LogP contribution in [0, 0.1) is 10.2 Å². The van der Waals surface area contributed by atoms with Gasteiger partial charge in [-0.2, -0.15) is 14.0 Å². The quantitative estimate of drug-likeness (QED) is 0.451. The van der Waals surface area contributed by atoms with Gasteiger partial charge in [-0.3, -0.25) is 0 Å². The second-order valence-electron chi connectivity index (χ2n) is 1.35. The van der Waals surface area contributed by atoms with Crippen LogP contribution in [0.2, 0.25) is 0 Å². The minimum Gasteiger partial charge on any atom is -0.317 e. The van der Waals surface area contributed by atoms with Crippen LogP contribution in [0.15, 0.2) is 0 Å². The van der Waals surface area contributed by atoms with E-state index >= 15 is 0 Å². The fraction of sp³-hybridized carbons (Fsp3) is 1.00. The number of nitrogens with one attached hydrogen (secondary N) is 1. The standard InChI is InChI=1S/C4H11N.ClHO4/c1-3-5-4-2;2-1(3,4)5/h5H,3-4H2,1-2H3;(H,2,3,4,5). The van der Waals surface area contributed by atoms with Crippen LogP contribution in [0.3, 0.4) is 0 Å². The Labute approximate surface area is 62.0 Å². The highest BCUT2D eigenvalue weighted by atomic mass is 35.7. The van der Waals surface area contributed by atoms with Crippen molar-refractivity contribution < 1.29 is 28.9 Å². The summed E-state index contributed by atoms with van der Waals surface area (Å²) in [7, 11) is -4.69. The lowest BCUT2D eigenvalue weighted by Crippen LogP contribution is -2.58. The summed E-state index contributed by atoms with van der Waals surface area (Å²) in [5, 5.41) is 3.11. The molecule has 0 saturated heterocycles. The molecule has 10 heavy (non-hydrogen) atoms. The highest BCUT2D eigenvalue weighted by Gasteiger charge is 1.98.